The van der Waals surface area contributed by atoms with Crippen molar-refractivity contribution in [1.29, 1.82) is 0 Å². The molecular weight excluding hydrogens is 172 g/mol. The number of nitrogen functional groups attached to an aromatic ring is 1. The Kier molecular flexibility index (Phi) is 3.43. The molecule has 0 aromatic carbocycles. The molecule has 0 bridgehead atoms. The normalized spacial score (nSPS) is 8.75. The van der Waals surface area contributed by atoms with Gasteiger partial charge in [0, 0.05) is 24.2 Å². The minimum Gasteiger partial charge on any atom is -0.399 e. The summed E-state index contributed by atoms with van der Waals surface area (Å²) < 4.78 is 0. The van der Waals surface area contributed by atoms with Crippen LogP contribution in [0.5, 0.6) is 0 Å². The van der Waals surface area contributed by atoms with Gasteiger partial charge >= 0.3 is 0 Å². The highest BCUT2D eigenvalue weighted by Crippen LogP contribution is 2.00. The highest BCUT2D eigenvalue weighted by molar-refractivity contribution is 6.18. The van der Waals surface area contributed by atoms with E-state index in [9.17, 15) is 0 Å². The Morgan fingerprint density at radius 1 is 1.58 bits per heavy atom. The van der Waals surface area contributed by atoms with Crippen molar-refractivity contribution < 1.29 is 0 Å². The molecule has 0 aliphatic heterocycles. The van der Waals surface area contributed by atoms with Gasteiger partial charge in [-0.05, 0) is 18.1 Å². The molecule has 0 aliphatic rings. The topological polar surface area (TPSA) is 38.9 Å². The Morgan fingerprint density at radius 2 is 2.42 bits per heavy atom. The summed E-state index contributed by atoms with van der Waals surface area (Å²) in [6, 6.07) is 3.47. The molecular formula is C9H9ClN2. The first-order valence-corrected chi connectivity index (χ1v) is 4.13. The Labute approximate surface area is 76.8 Å². The van der Waals surface area contributed by atoms with Crippen LogP contribution in [0.2, 0.25) is 0 Å². The standard InChI is InChI=1S/C9H9ClN2/c10-5-2-1-3-9-7-8(11)4-6-12-9/h4,6-7H,2,5H2,(H2,11,12). The molecule has 0 saturated heterocycles. The molecule has 0 atom stereocenters. The van der Waals surface area contributed by atoms with Crippen molar-refractivity contribution in [2.24, 2.45) is 0 Å². The van der Waals surface area contributed by atoms with Crippen molar-refractivity contribution in [2.75, 3.05) is 11.6 Å². The monoisotopic (exact) mass is 180 g/mol. The molecule has 0 saturated carbocycles. The SMILES string of the molecule is Nc1ccnc(C#CCCCl)c1. The molecule has 1 aromatic heterocycles. The van der Waals surface area contributed by atoms with Gasteiger partial charge in [0.15, 0.2) is 0 Å². The molecule has 1 aromatic rings. The number of alkyl halides is 1. The highest BCUT2D eigenvalue weighted by atomic mass is 35.5. The zero-order valence-corrected chi connectivity index (χ0v) is 7.30. The second-order valence-electron chi connectivity index (χ2n) is 2.22. The fourth-order valence-corrected chi connectivity index (χ4v) is 0.810. The lowest BCUT2D eigenvalue weighted by Gasteiger charge is -1.90. The lowest BCUT2D eigenvalue weighted by Crippen LogP contribution is -1.87. The van der Waals surface area contributed by atoms with Gasteiger partial charge in [0.1, 0.15) is 5.69 Å². The predicted octanol–water partition coefficient (Wildman–Crippen LogP) is 1.64. The van der Waals surface area contributed by atoms with Crippen LogP contribution in [0.3, 0.4) is 0 Å². The molecule has 0 unspecified atom stereocenters. The third-order valence-corrected chi connectivity index (χ3v) is 1.41. The largest absolute Gasteiger partial charge is 0.399 e. The van der Waals surface area contributed by atoms with Crippen LogP contribution in [-0.4, -0.2) is 10.9 Å². The molecule has 0 aliphatic carbocycles. The zero-order chi connectivity index (χ0) is 8.81. The number of halogens is 1. The molecule has 1 heterocycles. The second kappa shape index (κ2) is 4.63. The number of hydrogen-bond acceptors (Lipinski definition) is 2. The van der Waals surface area contributed by atoms with E-state index in [-0.39, 0.29) is 0 Å². The maximum atomic E-state index is 5.53. The first-order valence-electron chi connectivity index (χ1n) is 3.59. The minimum absolute atomic E-state index is 0.551. The van der Waals surface area contributed by atoms with Crippen LogP contribution >= 0.6 is 11.6 Å². The van der Waals surface area contributed by atoms with E-state index in [1.165, 1.54) is 0 Å². The minimum atomic E-state index is 0.551. The molecule has 62 valence electrons. The quantitative estimate of drug-likeness (QED) is 0.527. The van der Waals surface area contributed by atoms with Crippen LogP contribution in [0.4, 0.5) is 5.69 Å². The van der Waals surface area contributed by atoms with Crippen molar-refractivity contribution in [3.8, 4) is 11.8 Å². The van der Waals surface area contributed by atoms with E-state index in [1.807, 2.05) is 0 Å². The van der Waals surface area contributed by atoms with Gasteiger partial charge in [-0.15, -0.1) is 11.6 Å². The van der Waals surface area contributed by atoms with Gasteiger partial charge < -0.3 is 5.73 Å². The highest BCUT2D eigenvalue weighted by Gasteiger charge is 1.87. The van der Waals surface area contributed by atoms with E-state index in [4.69, 9.17) is 17.3 Å². The van der Waals surface area contributed by atoms with E-state index in [1.54, 1.807) is 18.3 Å². The second-order valence-corrected chi connectivity index (χ2v) is 2.59. The number of nitrogens with two attached hydrogens (primary N) is 1. The Bertz CT molecular complexity index is 312. The van der Waals surface area contributed by atoms with Crippen LogP contribution in [0.1, 0.15) is 12.1 Å². The number of pyridine rings is 1. The van der Waals surface area contributed by atoms with Gasteiger partial charge in [0.05, 0.1) is 0 Å². The van der Waals surface area contributed by atoms with E-state index >= 15 is 0 Å². The summed E-state index contributed by atoms with van der Waals surface area (Å²) in [5, 5.41) is 0. The average molecular weight is 181 g/mol. The molecule has 12 heavy (non-hydrogen) atoms. The van der Waals surface area contributed by atoms with Gasteiger partial charge in [-0.1, -0.05) is 5.92 Å². The van der Waals surface area contributed by atoms with Crippen LogP contribution in [0.15, 0.2) is 18.3 Å². The van der Waals surface area contributed by atoms with Gasteiger partial charge in [0.25, 0.3) is 0 Å². The van der Waals surface area contributed by atoms with E-state index in [2.05, 4.69) is 16.8 Å². The molecule has 2 nitrogen and oxygen atoms in total. The smallest absolute Gasteiger partial charge is 0.115 e. The molecule has 1 rings (SSSR count). The summed E-state index contributed by atoms with van der Waals surface area (Å²) >= 11 is 5.45. The third-order valence-electron chi connectivity index (χ3n) is 1.22. The van der Waals surface area contributed by atoms with Crippen LogP contribution < -0.4 is 5.73 Å². The van der Waals surface area contributed by atoms with Crippen LogP contribution in [0.25, 0.3) is 0 Å². The van der Waals surface area contributed by atoms with Crippen molar-refractivity contribution in [2.45, 2.75) is 6.42 Å². The predicted molar refractivity (Wildman–Crippen MR) is 50.9 cm³/mol. The van der Waals surface area contributed by atoms with Gasteiger partial charge in [-0.2, -0.15) is 0 Å². The number of rotatable bonds is 1. The summed E-state index contributed by atoms with van der Waals surface area (Å²) in [5.74, 6) is 6.29. The van der Waals surface area contributed by atoms with Crippen molar-refractivity contribution in [3.63, 3.8) is 0 Å². The lowest BCUT2D eigenvalue weighted by atomic mass is 10.3. The van der Waals surface area contributed by atoms with E-state index < -0.39 is 0 Å². The molecule has 2 N–H and O–H groups in total. The fourth-order valence-electron chi connectivity index (χ4n) is 0.716. The average Bonchev–Trinajstić information content (AvgIpc) is 2.05. The summed E-state index contributed by atoms with van der Waals surface area (Å²) in [6.45, 7) is 0. The molecule has 0 spiro atoms. The molecule has 0 amide bonds. The first kappa shape index (κ1) is 8.89. The van der Waals surface area contributed by atoms with Gasteiger partial charge in [-0.3, -0.25) is 0 Å². The van der Waals surface area contributed by atoms with E-state index in [0.717, 1.165) is 0 Å². The third kappa shape index (κ3) is 2.81. The van der Waals surface area contributed by atoms with Crippen molar-refractivity contribution in [3.05, 3.63) is 24.0 Å². The lowest BCUT2D eigenvalue weighted by molar-refractivity contribution is 1.26. The summed E-state index contributed by atoms with van der Waals surface area (Å²) in [6.07, 6.45) is 2.32. The Hall–Kier alpha value is -1.20. The maximum absolute atomic E-state index is 5.53. The van der Waals surface area contributed by atoms with Gasteiger partial charge in [0.2, 0.25) is 0 Å². The number of nitrogens with zero attached hydrogens (tertiary/aromatic N) is 1. The van der Waals surface area contributed by atoms with Crippen LogP contribution in [-0.2, 0) is 0 Å². The number of anilines is 1. The Balaban J connectivity index is 2.71. The maximum Gasteiger partial charge on any atom is 0.115 e. The van der Waals surface area contributed by atoms with E-state index in [0.29, 0.717) is 23.7 Å². The summed E-state index contributed by atoms with van der Waals surface area (Å²) in [7, 11) is 0. The number of aromatic nitrogens is 1. The number of hydrogen-bond donors (Lipinski definition) is 1. The Morgan fingerprint density at radius 3 is 3.08 bits per heavy atom. The van der Waals surface area contributed by atoms with Gasteiger partial charge in [-0.25, -0.2) is 4.98 Å². The first-order chi connectivity index (χ1) is 5.83. The zero-order valence-electron chi connectivity index (χ0n) is 6.55. The summed E-state index contributed by atoms with van der Waals surface area (Å²) in [5.41, 5.74) is 6.90. The molecule has 3 heteroatoms. The molecule has 0 fully saturated rings. The van der Waals surface area contributed by atoms with Crippen LogP contribution in [0, 0.1) is 11.8 Å². The summed E-state index contributed by atoms with van der Waals surface area (Å²) in [4.78, 5) is 4.01. The fraction of sp³-hybridized carbons (Fsp3) is 0.222. The van der Waals surface area contributed by atoms with Crippen molar-refractivity contribution >= 4 is 17.3 Å². The van der Waals surface area contributed by atoms with Crippen molar-refractivity contribution in [1.82, 2.24) is 4.98 Å². The molecule has 0 radical (unpaired) electrons.